The maximum absolute atomic E-state index is 13.3. The van der Waals surface area contributed by atoms with E-state index in [0.717, 1.165) is 5.56 Å². The molecular formula is C29H28N2O6S. The molecule has 4 aromatic carbocycles. The number of anilines is 1. The Hall–Kier alpha value is -4.34. The highest BCUT2D eigenvalue weighted by Gasteiger charge is 2.27. The number of carbonyl (C=O) groups is 1. The number of para-hydroxylation sites is 1. The first-order valence-corrected chi connectivity index (χ1v) is 13.3. The van der Waals surface area contributed by atoms with Crippen molar-refractivity contribution in [3.8, 4) is 23.0 Å². The van der Waals surface area contributed by atoms with Crippen LogP contribution in [0.4, 0.5) is 5.69 Å². The van der Waals surface area contributed by atoms with E-state index in [0.29, 0.717) is 22.9 Å². The molecule has 1 amide bonds. The fraction of sp³-hybridized carbons (Fsp3) is 0.138. The van der Waals surface area contributed by atoms with Crippen molar-refractivity contribution in [1.29, 1.82) is 0 Å². The second kappa shape index (κ2) is 12.3. The first kappa shape index (κ1) is 26.7. The highest BCUT2D eigenvalue weighted by Crippen LogP contribution is 2.29. The molecule has 0 aliphatic carbocycles. The molecule has 8 nitrogen and oxygen atoms in total. The molecule has 9 heteroatoms. The molecule has 0 fully saturated rings. The molecule has 0 radical (unpaired) electrons. The molecule has 0 bridgehead atoms. The Balaban J connectivity index is 1.53. The molecule has 4 aromatic rings. The Morgan fingerprint density at radius 3 is 2.00 bits per heavy atom. The van der Waals surface area contributed by atoms with Crippen LogP contribution in [-0.4, -0.2) is 34.6 Å². The van der Waals surface area contributed by atoms with Crippen LogP contribution in [0.2, 0.25) is 0 Å². The van der Waals surface area contributed by atoms with E-state index in [2.05, 4.69) is 10.0 Å². The van der Waals surface area contributed by atoms with Crippen molar-refractivity contribution in [3.05, 3.63) is 109 Å². The lowest BCUT2D eigenvalue weighted by atomic mass is 10.1. The fourth-order valence-corrected chi connectivity index (χ4v) is 4.95. The van der Waals surface area contributed by atoms with E-state index in [-0.39, 0.29) is 17.1 Å². The highest BCUT2D eigenvalue weighted by atomic mass is 32.2. The summed E-state index contributed by atoms with van der Waals surface area (Å²) >= 11 is 0. The number of hydrogen-bond acceptors (Lipinski definition) is 6. The molecule has 0 aliphatic rings. The molecule has 0 spiro atoms. The summed E-state index contributed by atoms with van der Waals surface area (Å²) in [7, 11) is -1.20. The second-order valence-corrected chi connectivity index (χ2v) is 10.0. The zero-order chi connectivity index (χ0) is 27.0. The van der Waals surface area contributed by atoms with Crippen LogP contribution in [0.25, 0.3) is 0 Å². The lowest BCUT2D eigenvalue weighted by Crippen LogP contribution is -2.45. The van der Waals surface area contributed by atoms with Gasteiger partial charge in [0.05, 0.1) is 19.1 Å². The lowest BCUT2D eigenvalue weighted by molar-refractivity contribution is -0.117. The third-order valence-corrected chi connectivity index (χ3v) is 7.13. The van der Waals surface area contributed by atoms with Gasteiger partial charge in [0, 0.05) is 11.8 Å². The minimum Gasteiger partial charge on any atom is -0.493 e. The molecule has 196 valence electrons. The SMILES string of the molecule is COc1ccc(S(=O)(=O)N[C@@H](Cc2ccccc2)C(=O)Nc2ccc(Oc3ccccc3)cc2)cc1OC. The van der Waals surface area contributed by atoms with Gasteiger partial charge in [0.15, 0.2) is 11.5 Å². The smallest absolute Gasteiger partial charge is 0.242 e. The molecule has 0 aliphatic heterocycles. The summed E-state index contributed by atoms with van der Waals surface area (Å²) in [4.78, 5) is 13.3. The first-order chi connectivity index (χ1) is 18.4. The molecule has 2 N–H and O–H groups in total. The molecule has 0 saturated carbocycles. The Kier molecular flexibility index (Phi) is 8.62. The van der Waals surface area contributed by atoms with Gasteiger partial charge in [-0.2, -0.15) is 4.72 Å². The summed E-state index contributed by atoms with van der Waals surface area (Å²) in [6.07, 6.45) is 0.147. The average molecular weight is 533 g/mol. The minimum atomic E-state index is -4.08. The Labute approximate surface area is 222 Å². The molecular weight excluding hydrogens is 504 g/mol. The van der Waals surface area contributed by atoms with Crippen LogP contribution < -0.4 is 24.2 Å². The largest absolute Gasteiger partial charge is 0.493 e. The molecule has 1 atom stereocenters. The van der Waals surface area contributed by atoms with E-state index in [1.807, 2.05) is 60.7 Å². The van der Waals surface area contributed by atoms with Gasteiger partial charge in [-0.25, -0.2) is 8.42 Å². The van der Waals surface area contributed by atoms with E-state index in [1.54, 1.807) is 24.3 Å². The van der Waals surface area contributed by atoms with Gasteiger partial charge in [0.2, 0.25) is 15.9 Å². The highest BCUT2D eigenvalue weighted by molar-refractivity contribution is 7.89. The van der Waals surface area contributed by atoms with Crippen molar-refractivity contribution < 1.29 is 27.4 Å². The monoisotopic (exact) mass is 532 g/mol. The molecule has 0 unspecified atom stereocenters. The van der Waals surface area contributed by atoms with Gasteiger partial charge in [0.25, 0.3) is 0 Å². The van der Waals surface area contributed by atoms with Gasteiger partial charge in [-0.1, -0.05) is 48.5 Å². The van der Waals surface area contributed by atoms with Gasteiger partial charge in [-0.3, -0.25) is 4.79 Å². The molecule has 0 heterocycles. The number of nitrogens with one attached hydrogen (secondary N) is 2. The summed E-state index contributed by atoms with van der Waals surface area (Å²) in [6, 6.07) is 28.5. The summed E-state index contributed by atoms with van der Waals surface area (Å²) in [6.45, 7) is 0. The Morgan fingerprint density at radius 2 is 1.37 bits per heavy atom. The molecule has 38 heavy (non-hydrogen) atoms. The number of benzene rings is 4. The maximum Gasteiger partial charge on any atom is 0.242 e. The van der Waals surface area contributed by atoms with Crippen molar-refractivity contribution in [2.75, 3.05) is 19.5 Å². The Morgan fingerprint density at radius 1 is 0.763 bits per heavy atom. The summed E-state index contributed by atoms with van der Waals surface area (Å²) in [5.74, 6) is 1.44. The van der Waals surface area contributed by atoms with Crippen LogP contribution >= 0.6 is 0 Å². The molecule has 4 rings (SSSR count). The van der Waals surface area contributed by atoms with Crippen molar-refractivity contribution in [2.24, 2.45) is 0 Å². The third kappa shape index (κ3) is 6.90. The zero-order valence-electron chi connectivity index (χ0n) is 21.0. The van der Waals surface area contributed by atoms with Crippen LogP contribution in [-0.2, 0) is 21.2 Å². The second-order valence-electron chi connectivity index (χ2n) is 8.31. The standard InChI is InChI=1S/C29H28N2O6S/c1-35-27-18-17-25(20-28(27)36-2)38(33,34)31-26(19-21-9-5-3-6-10-21)29(32)30-22-13-15-24(16-14-22)37-23-11-7-4-8-12-23/h3-18,20,26,31H,19H2,1-2H3,(H,30,32)/t26-/m0/s1. The van der Waals surface area contributed by atoms with Gasteiger partial charge < -0.3 is 19.5 Å². The van der Waals surface area contributed by atoms with Crippen molar-refractivity contribution in [2.45, 2.75) is 17.4 Å². The van der Waals surface area contributed by atoms with Crippen LogP contribution in [0.15, 0.2) is 108 Å². The third-order valence-electron chi connectivity index (χ3n) is 5.66. The minimum absolute atomic E-state index is 0.0524. The molecule has 0 aromatic heterocycles. The predicted octanol–water partition coefficient (Wildman–Crippen LogP) is 5.02. The number of ether oxygens (including phenoxy) is 3. The van der Waals surface area contributed by atoms with E-state index in [4.69, 9.17) is 14.2 Å². The van der Waals surface area contributed by atoms with E-state index >= 15 is 0 Å². The first-order valence-electron chi connectivity index (χ1n) is 11.8. The van der Waals surface area contributed by atoms with E-state index in [1.165, 1.54) is 32.4 Å². The number of methoxy groups -OCH3 is 2. The van der Waals surface area contributed by atoms with E-state index < -0.39 is 22.0 Å². The van der Waals surface area contributed by atoms with Crippen molar-refractivity contribution in [3.63, 3.8) is 0 Å². The van der Waals surface area contributed by atoms with Gasteiger partial charge in [-0.15, -0.1) is 0 Å². The summed E-state index contributed by atoms with van der Waals surface area (Å²) in [5.41, 5.74) is 1.30. The molecule has 0 saturated heterocycles. The predicted molar refractivity (Wildman–Crippen MR) is 145 cm³/mol. The normalized spacial score (nSPS) is 11.8. The van der Waals surface area contributed by atoms with Gasteiger partial charge in [0.1, 0.15) is 17.5 Å². The van der Waals surface area contributed by atoms with Gasteiger partial charge >= 0.3 is 0 Å². The quantitative estimate of drug-likeness (QED) is 0.281. The maximum atomic E-state index is 13.3. The number of hydrogen-bond donors (Lipinski definition) is 2. The van der Waals surface area contributed by atoms with Crippen LogP contribution in [0, 0.1) is 0 Å². The number of amides is 1. The van der Waals surface area contributed by atoms with Crippen LogP contribution in [0.3, 0.4) is 0 Å². The Bertz CT molecular complexity index is 1460. The van der Waals surface area contributed by atoms with Crippen molar-refractivity contribution in [1.82, 2.24) is 4.72 Å². The van der Waals surface area contributed by atoms with Crippen LogP contribution in [0.5, 0.6) is 23.0 Å². The summed E-state index contributed by atoms with van der Waals surface area (Å²) < 4.78 is 45.3. The van der Waals surface area contributed by atoms with Crippen LogP contribution in [0.1, 0.15) is 5.56 Å². The topological polar surface area (TPSA) is 103 Å². The number of sulfonamides is 1. The summed E-state index contributed by atoms with van der Waals surface area (Å²) in [5, 5.41) is 2.80. The van der Waals surface area contributed by atoms with Crippen molar-refractivity contribution >= 4 is 21.6 Å². The zero-order valence-corrected chi connectivity index (χ0v) is 21.8. The lowest BCUT2D eigenvalue weighted by Gasteiger charge is -2.19. The van der Waals surface area contributed by atoms with E-state index in [9.17, 15) is 13.2 Å². The average Bonchev–Trinajstić information content (AvgIpc) is 2.94. The number of rotatable bonds is 11. The van der Waals surface area contributed by atoms with Gasteiger partial charge in [-0.05, 0) is 60.5 Å². The fourth-order valence-electron chi connectivity index (χ4n) is 3.74. The number of carbonyl (C=O) groups excluding carboxylic acids is 1.